The molecule has 5 nitrogen and oxygen atoms in total. The highest BCUT2D eigenvalue weighted by atomic mass is 35.5. The number of oxime groups is 1. The molecule has 0 N–H and O–H groups in total. The second kappa shape index (κ2) is 6.16. The molecule has 0 spiro atoms. The summed E-state index contributed by atoms with van der Waals surface area (Å²) in [7, 11) is 0. The topological polar surface area (TPSA) is 60.2 Å². The maximum absolute atomic E-state index is 12.5. The zero-order valence-electron chi connectivity index (χ0n) is 9.78. The highest BCUT2D eigenvalue weighted by Crippen LogP contribution is 2.32. The molecule has 0 radical (unpaired) electrons. The first kappa shape index (κ1) is 15.6. The Morgan fingerprint density at radius 1 is 1.53 bits per heavy atom. The van der Waals surface area contributed by atoms with Crippen LogP contribution in [0.3, 0.4) is 0 Å². The second-order valence-electron chi connectivity index (χ2n) is 3.35. The largest absolute Gasteiger partial charge is 0.417 e. The van der Waals surface area contributed by atoms with E-state index in [-0.39, 0.29) is 13.2 Å². The number of halogens is 4. The molecule has 0 aromatic heterocycles. The number of ether oxygens (including phenoxy) is 1. The summed E-state index contributed by atoms with van der Waals surface area (Å²) in [6.07, 6.45) is -2.40. The normalized spacial score (nSPS) is 23.8. The third-order valence-corrected chi connectivity index (χ3v) is 2.33. The summed E-state index contributed by atoms with van der Waals surface area (Å²) in [5.74, 6) is -1.03. The molecule has 0 saturated carbocycles. The minimum absolute atomic E-state index is 0.0645. The van der Waals surface area contributed by atoms with E-state index in [2.05, 4.69) is 15.0 Å². The van der Waals surface area contributed by atoms with E-state index in [0.717, 1.165) is 0 Å². The summed E-state index contributed by atoms with van der Waals surface area (Å²) >= 11 is 5.68. The number of carbonyl (C=O) groups is 1. The lowest BCUT2D eigenvalue weighted by atomic mass is 10.1. The number of amides is 1. The summed E-state index contributed by atoms with van der Waals surface area (Å²) in [4.78, 5) is 19.1. The van der Waals surface area contributed by atoms with Gasteiger partial charge in [0.15, 0.2) is 0 Å². The van der Waals surface area contributed by atoms with Crippen LogP contribution >= 0.6 is 11.6 Å². The van der Waals surface area contributed by atoms with E-state index in [4.69, 9.17) is 16.3 Å². The van der Waals surface area contributed by atoms with Crippen molar-refractivity contribution in [3.8, 4) is 0 Å². The molecule has 1 amide bonds. The molecule has 1 rings (SSSR count). The Balaban J connectivity index is 2.70. The van der Waals surface area contributed by atoms with Crippen molar-refractivity contribution in [1.29, 1.82) is 0 Å². The zero-order chi connectivity index (χ0) is 14.5. The maximum Gasteiger partial charge on any atom is 0.417 e. The molecule has 0 aliphatic carbocycles. The first-order valence-corrected chi connectivity index (χ1v) is 5.49. The number of aliphatic imine (C=N–C) groups is 1. The van der Waals surface area contributed by atoms with Crippen molar-refractivity contribution in [1.82, 2.24) is 0 Å². The van der Waals surface area contributed by atoms with E-state index in [1.807, 2.05) is 0 Å². The molecule has 9 heteroatoms. The van der Waals surface area contributed by atoms with E-state index < -0.39 is 22.7 Å². The van der Waals surface area contributed by atoms with Gasteiger partial charge in [0, 0.05) is 12.4 Å². The molecule has 0 fully saturated rings. The number of nitrogens with zero attached hydrogens (tertiary/aromatic N) is 2. The van der Waals surface area contributed by atoms with Crippen LogP contribution in [0, 0.1) is 0 Å². The fraction of sp³-hybridized carbons (Fsp3) is 0.500. The minimum Gasteiger partial charge on any atom is -0.394 e. The van der Waals surface area contributed by atoms with Gasteiger partial charge < -0.3 is 9.57 Å². The molecule has 0 saturated heterocycles. The van der Waals surface area contributed by atoms with Crippen LogP contribution in [0.15, 0.2) is 21.8 Å². The third-order valence-electron chi connectivity index (χ3n) is 1.95. The Bertz CT molecular complexity index is 434. The van der Waals surface area contributed by atoms with Gasteiger partial charge in [-0.15, -0.1) is 0 Å². The highest BCUT2D eigenvalue weighted by molar-refractivity contribution is 6.36. The van der Waals surface area contributed by atoms with Crippen LogP contribution in [0.1, 0.15) is 6.92 Å². The van der Waals surface area contributed by atoms with Crippen LogP contribution < -0.4 is 0 Å². The highest BCUT2D eigenvalue weighted by Gasteiger charge is 2.43. The fourth-order valence-corrected chi connectivity index (χ4v) is 1.37. The lowest BCUT2D eigenvalue weighted by Gasteiger charge is -2.24. The van der Waals surface area contributed by atoms with Crippen molar-refractivity contribution in [2.45, 2.75) is 18.2 Å². The van der Waals surface area contributed by atoms with Gasteiger partial charge in [0.05, 0.1) is 12.2 Å². The molecule has 1 unspecified atom stereocenters. The lowest BCUT2D eigenvalue weighted by molar-refractivity contribution is -0.131. The molecular formula is C10H10ClF3N2O3. The monoisotopic (exact) mass is 298 g/mol. The third kappa shape index (κ3) is 4.32. The molecule has 0 aromatic carbocycles. The fourth-order valence-electron chi connectivity index (χ4n) is 1.13. The average molecular weight is 299 g/mol. The molecule has 19 heavy (non-hydrogen) atoms. The number of carbonyl (C=O) groups excluding carboxylic acids is 1. The lowest BCUT2D eigenvalue weighted by Crippen LogP contribution is -2.38. The predicted molar refractivity (Wildman–Crippen MR) is 62.3 cm³/mol. The summed E-state index contributed by atoms with van der Waals surface area (Å²) in [5, 5.41) is 1.13. The predicted octanol–water partition coefficient (Wildman–Crippen LogP) is 2.06. The average Bonchev–Trinajstić information content (AvgIpc) is 2.31. The van der Waals surface area contributed by atoms with Crippen molar-refractivity contribution < 1.29 is 27.5 Å². The molecule has 1 heterocycles. The number of alkyl halides is 4. The van der Waals surface area contributed by atoms with Gasteiger partial charge in [-0.1, -0.05) is 16.8 Å². The Hall–Kier alpha value is -1.41. The second-order valence-corrected chi connectivity index (χ2v) is 3.91. The van der Waals surface area contributed by atoms with Gasteiger partial charge in [-0.25, -0.2) is 4.99 Å². The van der Waals surface area contributed by atoms with Gasteiger partial charge in [-0.3, -0.25) is 4.79 Å². The smallest absolute Gasteiger partial charge is 0.394 e. The van der Waals surface area contributed by atoms with Crippen LogP contribution in [0.25, 0.3) is 0 Å². The molecule has 0 bridgehead atoms. The molecule has 1 aliphatic rings. The summed E-state index contributed by atoms with van der Waals surface area (Å²) < 4.78 is 42.3. The van der Waals surface area contributed by atoms with Crippen LogP contribution in [0.2, 0.25) is 0 Å². The number of allylic oxidation sites excluding steroid dienone is 1. The van der Waals surface area contributed by atoms with Crippen LogP contribution in [-0.2, 0) is 14.4 Å². The van der Waals surface area contributed by atoms with Crippen molar-refractivity contribution in [2.75, 3.05) is 13.2 Å². The van der Waals surface area contributed by atoms with Crippen LogP contribution in [0.4, 0.5) is 13.2 Å². The first-order chi connectivity index (χ1) is 8.79. The summed E-state index contributed by atoms with van der Waals surface area (Å²) in [6.45, 7) is 1.33. The number of dihydropyridines is 1. The Morgan fingerprint density at radius 2 is 2.21 bits per heavy atom. The Kier molecular flexibility index (Phi) is 5.07. The van der Waals surface area contributed by atoms with Gasteiger partial charge in [0.1, 0.15) is 6.61 Å². The maximum atomic E-state index is 12.5. The van der Waals surface area contributed by atoms with Crippen molar-refractivity contribution >= 4 is 29.9 Å². The van der Waals surface area contributed by atoms with Gasteiger partial charge in [0.25, 0.3) is 5.91 Å². The summed E-state index contributed by atoms with van der Waals surface area (Å²) in [5.41, 5.74) is -1.14. The van der Waals surface area contributed by atoms with Crippen LogP contribution in [0.5, 0.6) is 0 Å². The van der Waals surface area contributed by atoms with Crippen LogP contribution in [-0.4, -0.2) is 42.8 Å². The quantitative estimate of drug-likeness (QED) is 0.338. The van der Waals surface area contributed by atoms with Gasteiger partial charge >= 0.3 is 6.18 Å². The SMILES string of the molecule is CC=NOCCOC1(Cl)C=C(C(F)(F)F)C=NC1=O. The van der Waals surface area contributed by atoms with Gasteiger partial charge in [-0.2, -0.15) is 13.2 Å². The summed E-state index contributed by atoms with van der Waals surface area (Å²) in [6, 6.07) is 0. The number of rotatable bonds is 5. The van der Waals surface area contributed by atoms with E-state index in [1.165, 1.54) is 6.21 Å². The first-order valence-electron chi connectivity index (χ1n) is 5.11. The van der Waals surface area contributed by atoms with Gasteiger partial charge in [0.2, 0.25) is 5.06 Å². The minimum atomic E-state index is -4.66. The number of hydrogen-bond donors (Lipinski definition) is 0. The van der Waals surface area contributed by atoms with E-state index in [1.54, 1.807) is 6.92 Å². The molecule has 0 aromatic rings. The standard InChI is InChI=1S/C10H10ClF3N2O3/c1-2-16-19-4-3-18-9(11)5-7(10(12,13)14)6-15-8(9)17/h2,5-6H,3-4H2,1H3. The molecule has 1 aliphatic heterocycles. The molecule has 106 valence electrons. The van der Waals surface area contributed by atoms with E-state index in [9.17, 15) is 18.0 Å². The van der Waals surface area contributed by atoms with Gasteiger partial charge in [-0.05, 0) is 13.0 Å². The molecular weight excluding hydrogens is 289 g/mol. The van der Waals surface area contributed by atoms with E-state index in [0.29, 0.717) is 12.3 Å². The van der Waals surface area contributed by atoms with Crippen molar-refractivity contribution in [3.63, 3.8) is 0 Å². The van der Waals surface area contributed by atoms with E-state index >= 15 is 0 Å². The molecule has 1 atom stereocenters. The number of hydrogen-bond acceptors (Lipinski definition) is 4. The van der Waals surface area contributed by atoms with Crippen molar-refractivity contribution in [2.24, 2.45) is 10.1 Å². The zero-order valence-corrected chi connectivity index (χ0v) is 10.5. The Labute approximate surface area is 111 Å². The Morgan fingerprint density at radius 3 is 2.79 bits per heavy atom. The van der Waals surface area contributed by atoms with Crippen molar-refractivity contribution in [3.05, 3.63) is 11.6 Å².